The SMILES string of the molecule is Nc1cncc(C2CCC(=O)NC2=O)n1. The number of anilines is 1. The minimum Gasteiger partial charge on any atom is -0.382 e. The molecule has 1 atom stereocenters. The topological polar surface area (TPSA) is 98.0 Å². The van der Waals surface area contributed by atoms with Gasteiger partial charge in [-0.25, -0.2) is 4.98 Å². The van der Waals surface area contributed by atoms with Crippen LogP contribution < -0.4 is 11.1 Å². The van der Waals surface area contributed by atoms with Crippen molar-refractivity contribution in [2.75, 3.05) is 5.73 Å². The van der Waals surface area contributed by atoms with E-state index < -0.39 is 5.92 Å². The van der Waals surface area contributed by atoms with Crippen LogP contribution in [0.1, 0.15) is 24.5 Å². The van der Waals surface area contributed by atoms with E-state index >= 15 is 0 Å². The largest absolute Gasteiger partial charge is 0.382 e. The summed E-state index contributed by atoms with van der Waals surface area (Å²) in [5.74, 6) is -0.713. The van der Waals surface area contributed by atoms with Crippen LogP contribution >= 0.6 is 0 Å². The van der Waals surface area contributed by atoms with Gasteiger partial charge in [-0.05, 0) is 6.42 Å². The Morgan fingerprint density at radius 1 is 1.40 bits per heavy atom. The fourth-order valence-corrected chi connectivity index (χ4v) is 1.54. The lowest BCUT2D eigenvalue weighted by Crippen LogP contribution is -2.39. The number of nitrogen functional groups attached to an aromatic ring is 1. The van der Waals surface area contributed by atoms with Crippen LogP contribution in [-0.4, -0.2) is 21.8 Å². The lowest BCUT2D eigenvalue weighted by Gasteiger charge is -2.19. The number of imide groups is 1. The van der Waals surface area contributed by atoms with Crippen LogP contribution in [0.25, 0.3) is 0 Å². The van der Waals surface area contributed by atoms with E-state index in [0.29, 0.717) is 18.5 Å². The molecule has 3 N–H and O–H groups in total. The first-order valence-electron chi connectivity index (χ1n) is 4.58. The molecule has 0 saturated carbocycles. The van der Waals surface area contributed by atoms with Gasteiger partial charge in [-0.3, -0.25) is 19.9 Å². The Labute approximate surface area is 85.9 Å². The van der Waals surface area contributed by atoms with Crippen molar-refractivity contribution in [1.82, 2.24) is 15.3 Å². The van der Waals surface area contributed by atoms with E-state index in [2.05, 4.69) is 15.3 Å². The highest BCUT2D eigenvalue weighted by Crippen LogP contribution is 2.22. The maximum atomic E-state index is 11.5. The van der Waals surface area contributed by atoms with Crippen molar-refractivity contribution in [3.63, 3.8) is 0 Å². The summed E-state index contributed by atoms with van der Waals surface area (Å²) in [6, 6.07) is 0. The average molecular weight is 206 g/mol. The number of hydrogen-bond acceptors (Lipinski definition) is 5. The molecular formula is C9H10N4O2. The molecule has 6 nitrogen and oxygen atoms in total. The standard InChI is InChI=1S/C9H10N4O2/c10-7-4-11-3-6(12-7)5-1-2-8(14)13-9(5)15/h3-5H,1-2H2,(H2,10,12)(H,13,14,15). The summed E-state index contributed by atoms with van der Waals surface area (Å²) in [6.45, 7) is 0. The van der Waals surface area contributed by atoms with Gasteiger partial charge in [0.15, 0.2) is 0 Å². The Hall–Kier alpha value is -1.98. The van der Waals surface area contributed by atoms with E-state index in [-0.39, 0.29) is 17.6 Å². The van der Waals surface area contributed by atoms with Gasteiger partial charge in [-0.2, -0.15) is 0 Å². The van der Waals surface area contributed by atoms with Crippen LogP contribution in [0.5, 0.6) is 0 Å². The third-order valence-electron chi connectivity index (χ3n) is 2.27. The smallest absolute Gasteiger partial charge is 0.235 e. The van der Waals surface area contributed by atoms with Crippen molar-refractivity contribution >= 4 is 17.6 Å². The van der Waals surface area contributed by atoms with Gasteiger partial charge < -0.3 is 5.73 Å². The fraction of sp³-hybridized carbons (Fsp3) is 0.333. The zero-order valence-electron chi connectivity index (χ0n) is 7.93. The highest BCUT2D eigenvalue weighted by atomic mass is 16.2. The molecule has 0 spiro atoms. The van der Waals surface area contributed by atoms with Crippen molar-refractivity contribution in [2.45, 2.75) is 18.8 Å². The molecule has 6 heteroatoms. The Bertz CT molecular complexity index is 418. The molecule has 1 aliphatic rings. The minimum atomic E-state index is -0.418. The summed E-state index contributed by atoms with van der Waals surface area (Å²) < 4.78 is 0. The normalized spacial score (nSPS) is 21.2. The van der Waals surface area contributed by atoms with Gasteiger partial charge in [-0.15, -0.1) is 0 Å². The highest BCUT2D eigenvalue weighted by Gasteiger charge is 2.29. The molecule has 0 aromatic carbocycles. The number of piperidine rings is 1. The molecule has 0 radical (unpaired) electrons. The van der Waals surface area contributed by atoms with Gasteiger partial charge in [-0.1, -0.05) is 0 Å². The first-order valence-corrected chi connectivity index (χ1v) is 4.58. The first-order chi connectivity index (χ1) is 7.16. The number of nitrogens with one attached hydrogen (secondary N) is 1. The van der Waals surface area contributed by atoms with E-state index in [4.69, 9.17) is 5.73 Å². The van der Waals surface area contributed by atoms with E-state index in [9.17, 15) is 9.59 Å². The van der Waals surface area contributed by atoms with E-state index in [1.165, 1.54) is 12.4 Å². The van der Waals surface area contributed by atoms with Crippen LogP contribution in [-0.2, 0) is 9.59 Å². The van der Waals surface area contributed by atoms with E-state index in [1.807, 2.05) is 0 Å². The summed E-state index contributed by atoms with van der Waals surface area (Å²) in [5, 5.41) is 2.26. The molecule has 1 aromatic rings. The average Bonchev–Trinajstić information content (AvgIpc) is 2.17. The molecule has 1 unspecified atom stereocenters. The number of carbonyl (C=O) groups is 2. The second-order valence-corrected chi connectivity index (χ2v) is 3.37. The van der Waals surface area contributed by atoms with Crippen LogP contribution in [0.3, 0.4) is 0 Å². The molecule has 0 bridgehead atoms. The molecule has 1 fully saturated rings. The third-order valence-corrected chi connectivity index (χ3v) is 2.27. The summed E-state index contributed by atoms with van der Waals surface area (Å²) >= 11 is 0. The van der Waals surface area contributed by atoms with E-state index in [1.54, 1.807) is 0 Å². The zero-order valence-corrected chi connectivity index (χ0v) is 7.93. The maximum Gasteiger partial charge on any atom is 0.235 e. The lowest BCUT2D eigenvalue weighted by molar-refractivity contribution is -0.134. The molecular weight excluding hydrogens is 196 g/mol. The third kappa shape index (κ3) is 1.93. The minimum absolute atomic E-state index is 0.242. The molecule has 78 valence electrons. The van der Waals surface area contributed by atoms with Crippen molar-refractivity contribution in [3.05, 3.63) is 18.1 Å². The summed E-state index contributed by atoms with van der Waals surface area (Å²) in [6.07, 6.45) is 3.70. The number of aromatic nitrogens is 2. The predicted octanol–water partition coefficient (Wildman–Crippen LogP) is -0.421. The van der Waals surface area contributed by atoms with Crippen LogP contribution in [0, 0.1) is 0 Å². The number of rotatable bonds is 1. The molecule has 1 aromatic heterocycles. The zero-order chi connectivity index (χ0) is 10.8. The second-order valence-electron chi connectivity index (χ2n) is 3.37. The van der Waals surface area contributed by atoms with Crippen LogP contribution in [0.4, 0.5) is 5.82 Å². The Kier molecular flexibility index (Phi) is 2.32. The Morgan fingerprint density at radius 2 is 2.20 bits per heavy atom. The molecule has 15 heavy (non-hydrogen) atoms. The lowest BCUT2D eigenvalue weighted by atomic mass is 9.95. The monoisotopic (exact) mass is 206 g/mol. The van der Waals surface area contributed by atoms with Gasteiger partial charge in [0.05, 0.1) is 17.8 Å². The van der Waals surface area contributed by atoms with Crippen molar-refractivity contribution in [3.8, 4) is 0 Å². The fourth-order valence-electron chi connectivity index (χ4n) is 1.54. The number of hydrogen-bond donors (Lipinski definition) is 2. The van der Waals surface area contributed by atoms with Gasteiger partial charge in [0.25, 0.3) is 0 Å². The van der Waals surface area contributed by atoms with Gasteiger partial charge >= 0.3 is 0 Å². The van der Waals surface area contributed by atoms with Crippen LogP contribution in [0.15, 0.2) is 12.4 Å². The highest BCUT2D eigenvalue weighted by molar-refractivity contribution is 6.00. The quantitative estimate of drug-likeness (QED) is 0.608. The van der Waals surface area contributed by atoms with Crippen molar-refractivity contribution in [1.29, 1.82) is 0 Å². The summed E-state index contributed by atoms with van der Waals surface area (Å²) in [4.78, 5) is 30.3. The summed E-state index contributed by atoms with van der Waals surface area (Å²) in [7, 11) is 0. The number of amides is 2. The second kappa shape index (κ2) is 3.64. The van der Waals surface area contributed by atoms with Crippen molar-refractivity contribution < 1.29 is 9.59 Å². The number of carbonyl (C=O) groups excluding carboxylic acids is 2. The molecule has 2 heterocycles. The maximum absolute atomic E-state index is 11.5. The molecule has 2 rings (SSSR count). The first kappa shape index (κ1) is 9.57. The van der Waals surface area contributed by atoms with Gasteiger partial charge in [0, 0.05) is 12.6 Å². The molecule has 1 aliphatic heterocycles. The van der Waals surface area contributed by atoms with E-state index in [0.717, 1.165) is 0 Å². The van der Waals surface area contributed by atoms with Crippen molar-refractivity contribution in [2.24, 2.45) is 0 Å². The molecule has 1 saturated heterocycles. The Balaban J connectivity index is 2.24. The summed E-state index contributed by atoms with van der Waals surface area (Å²) in [5.41, 5.74) is 5.98. The Morgan fingerprint density at radius 3 is 2.87 bits per heavy atom. The van der Waals surface area contributed by atoms with Crippen LogP contribution in [0.2, 0.25) is 0 Å². The number of nitrogens with two attached hydrogens (primary N) is 1. The predicted molar refractivity (Wildman–Crippen MR) is 51.6 cm³/mol. The molecule has 2 amide bonds. The molecule has 0 aliphatic carbocycles. The van der Waals surface area contributed by atoms with Gasteiger partial charge in [0.2, 0.25) is 11.8 Å². The van der Waals surface area contributed by atoms with Gasteiger partial charge in [0.1, 0.15) is 5.82 Å². The number of nitrogens with zero attached hydrogens (tertiary/aromatic N) is 2.